The number of carbonyl (C=O) groups is 1. The molecule has 128 valence electrons. The fraction of sp³-hybridized carbons (Fsp3) is 0.286. The maximum absolute atomic E-state index is 12.0. The van der Waals surface area contributed by atoms with Gasteiger partial charge in [0.1, 0.15) is 5.75 Å². The van der Waals surface area contributed by atoms with Crippen molar-refractivity contribution < 1.29 is 9.53 Å². The minimum absolute atomic E-state index is 0.101. The second-order valence-corrected chi connectivity index (χ2v) is 6.46. The van der Waals surface area contributed by atoms with E-state index in [4.69, 9.17) is 4.74 Å². The molecule has 0 fully saturated rings. The maximum Gasteiger partial charge on any atom is 0.220 e. The van der Waals surface area contributed by atoms with Gasteiger partial charge in [-0.25, -0.2) is 0 Å². The normalized spacial score (nSPS) is 17.1. The van der Waals surface area contributed by atoms with Crippen molar-refractivity contribution >= 4 is 17.2 Å². The Labute approximate surface area is 147 Å². The monoisotopic (exact) mass is 334 g/mol. The molecule has 2 aliphatic heterocycles. The molecule has 25 heavy (non-hydrogen) atoms. The smallest absolute Gasteiger partial charge is 0.220 e. The second kappa shape index (κ2) is 7.01. The number of fused-ring (bicyclic) bond motifs is 4. The molecule has 0 atom stereocenters. The van der Waals surface area contributed by atoms with E-state index in [1.165, 1.54) is 22.3 Å². The minimum Gasteiger partial charge on any atom is -0.494 e. The van der Waals surface area contributed by atoms with E-state index in [9.17, 15) is 4.79 Å². The van der Waals surface area contributed by atoms with E-state index in [1.54, 1.807) is 0 Å². The summed E-state index contributed by atoms with van der Waals surface area (Å²) in [4.78, 5) is 12.0. The van der Waals surface area contributed by atoms with Crippen LogP contribution in [0.2, 0.25) is 0 Å². The number of amides is 1. The van der Waals surface area contributed by atoms with Crippen molar-refractivity contribution in [3.63, 3.8) is 0 Å². The van der Waals surface area contributed by atoms with Gasteiger partial charge in [0.2, 0.25) is 5.91 Å². The van der Waals surface area contributed by atoms with Crippen molar-refractivity contribution in [2.24, 2.45) is 0 Å². The molecular weight excluding hydrogens is 312 g/mol. The zero-order valence-corrected chi connectivity index (χ0v) is 14.2. The van der Waals surface area contributed by atoms with Gasteiger partial charge < -0.3 is 15.4 Å². The van der Waals surface area contributed by atoms with Gasteiger partial charge in [0.25, 0.3) is 0 Å². The van der Waals surface area contributed by atoms with Crippen molar-refractivity contribution in [2.45, 2.75) is 19.3 Å². The summed E-state index contributed by atoms with van der Waals surface area (Å²) in [5.74, 6) is 0.968. The van der Waals surface area contributed by atoms with Crippen LogP contribution in [0.15, 0.2) is 48.5 Å². The molecule has 0 spiro atoms. The van der Waals surface area contributed by atoms with Crippen LogP contribution in [0.5, 0.6) is 5.75 Å². The van der Waals surface area contributed by atoms with Crippen LogP contribution < -0.4 is 15.4 Å². The lowest BCUT2D eigenvalue weighted by Gasteiger charge is -2.21. The largest absolute Gasteiger partial charge is 0.494 e. The summed E-state index contributed by atoms with van der Waals surface area (Å²) in [6, 6.07) is 14.7. The third kappa shape index (κ3) is 3.53. The molecule has 2 aliphatic rings. The van der Waals surface area contributed by atoms with Gasteiger partial charge in [-0.15, -0.1) is 0 Å². The zero-order valence-electron chi connectivity index (χ0n) is 14.2. The Morgan fingerprint density at radius 1 is 1.00 bits per heavy atom. The maximum atomic E-state index is 12.0. The van der Waals surface area contributed by atoms with E-state index < -0.39 is 0 Å². The zero-order chi connectivity index (χ0) is 17.1. The SMILES string of the molecule is O=C1CCc2cccc(c2)C2=CCNc3ccc(cc32)OCCCN1. The predicted molar refractivity (Wildman–Crippen MR) is 99.9 cm³/mol. The molecule has 4 heteroatoms. The summed E-state index contributed by atoms with van der Waals surface area (Å²) in [5, 5.41) is 6.39. The van der Waals surface area contributed by atoms with Gasteiger partial charge in [0.05, 0.1) is 6.61 Å². The molecule has 2 N–H and O–H groups in total. The number of ether oxygens (including phenoxy) is 1. The molecule has 0 aliphatic carbocycles. The highest BCUT2D eigenvalue weighted by Crippen LogP contribution is 2.35. The first-order valence-electron chi connectivity index (χ1n) is 8.87. The molecule has 1 amide bonds. The van der Waals surface area contributed by atoms with Gasteiger partial charge >= 0.3 is 0 Å². The Morgan fingerprint density at radius 2 is 1.96 bits per heavy atom. The van der Waals surface area contributed by atoms with Crippen LogP contribution in [0.1, 0.15) is 29.5 Å². The lowest BCUT2D eigenvalue weighted by atomic mass is 9.92. The molecule has 2 aromatic rings. The summed E-state index contributed by atoms with van der Waals surface area (Å²) in [5.41, 5.74) is 5.91. The molecule has 4 rings (SSSR count). The standard InChI is InChI=1S/C21H22N2O2/c24-21-8-5-15-3-1-4-16(13-15)18-9-11-22-20-7-6-17(14-19(18)20)25-12-2-10-23-21/h1,3-4,6-7,9,13-14,22H,2,5,8,10-12H2,(H,23,24). The Bertz CT molecular complexity index is 826. The number of hydrogen-bond acceptors (Lipinski definition) is 3. The topological polar surface area (TPSA) is 50.4 Å². The highest BCUT2D eigenvalue weighted by molar-refractivity contribution is 5.89. The number of carbonyl (C=O) groups excluding carboxylic acids is 1. The molecule has 0 unspecified atom stereocenters. The Kier molecular flexibility index (Phi) is 4.42. The number of benzene rings is 2. The van der Waals surface area contributed by atoms with Crippen LogP contribution in [0.3, 0.4) is 0 Å². The predicted octanol–water partition coefficient (Wildman–Crippen LogP) is 3.38. The van der Waals surface area contributed by atoms with Gasteiger partial charge in [-0.3, -0.25) is 4.79 Å². The summed E-state index contributed by atoms with van der Waals surface area (Å²) >= 11 is 0. The average Bonchev–Trinajstić information content (AvgIpc) is 2.65. The molecule has 0 saturated carbocycles. The van der Waals surface area contributed by atoms with Crippen molar-refractivity contribution in [1.82, 2.24) is 5.32 Å². The highest BCUT2D eigenvalue weighted by atomic mass is 16.5. The first-order chi connectivity index (χ1) is 12.3. The molecule has 2 heterocycles. The second-order valence-electron chi connectivity index (χ2n) is 6.46. The van der Waals surface area contributed by atoms with Crippen LogP contribution in [-0.2, 0) is 11.2 Å². The number of rotatable bonds is 0. The molecule has 2 aromatic carbocycles. The molecule has 0 aromatic heterocycles. The van der Waals surface area contributed by atoms with Crippen molar-refractivity contribution in [3.8, 4) is 5.75 Å². The minimum atomic E-state index is 0.101. The van der Waals surface area contributed by atoms with E-state index in [1.807, 2.05) is 6.07 Å². The first kappa shape index (κ1) is 15.8. The number of anilines is 1. The van der Waals surface area contributed by atoms with Crippen molar-refractivity contribution in [2.75, 3.05) is 25.0 Å². The highest BCUT2D eigenvalue weighted by Gasteiger charge is 2.16. The van der Waals surface area contributed by atoms with Gasteiger partial charge in [-0.05, 0) is 47.7 Å². The van der Waals surface area contributed by atoms with E-state index in [0.29, 0.717) is 19.6 Å². The van der Waals surface area contributed by atoms with E-state index in [0.717, 1.165) is 30.8 Å². The van der Waals surface area contributed by atoms with Crippen LogP contribution in [-0.4, -0.2) is 25.6 Å². The quantitative estimate of drug-likeness (QED) is 0.776. The van der Waals surface area contributed by atoms with Crippen LogP contribution in [0.4, 0.5) is 5.69 Å². The molecule has 4 nitrogen and oxygen atoms in total. The van der Waals surface area contributed by atoms with E-state index >= 15 is 0 Å². The average molecular weight is 334 g/mol. The first-order valence-corrected chi connectivity index (χ1v) is 8.87. The summed E-state index contributed by atoms with van der Waals surface area (Å²) in [6.07, 6.45) is 4.30. The van der Waals surface area contributed by atoms with Crippen molar-refractivity contribution in [1.29, 1.82) is 0 Å². The summed E-state index contributed by atoms with van der Waals surface area (Å²) in [7, 11) is 0. The van der Waals surface area contributed by atoms with Crippen LogP contribution in [0.25, 0.3) is 5.57 Å². The van der Waals surface area contributed by atoms with Crippen LogP contribution in [0, 0.1) is 0 Å². The fourth-order valence-electron chi connectivity index (χ4n) is 3.37. The number of hydrogen-bond donors (Lipinski definition) is 2. The van der Waals surface area contributed by atoms with Crippen molar-refractivity contribution in [3.05, 3.63) is 65.2 Å². The number of nitrogens with one attached hydrogen (secondary N) is 2. The molecular formula is C21H22N2O2. The Balaban J connectivity index is 1.74. The van der Waals surface area contributed by atoms with E-state index in [-0.39, 0.29) is 5.91 Å². The number of aryl methyl sites for hydroxylation is 1. The van der Waals surface area contributed by atoms with Gasteiger partial charge in [0.15, 0.2) is 0 Å². The lowest BCUT2D eigenvalue weighted by Crippen LogP contribution is -2.25. The van der Waals surface area contributed by atoms with Gasteiger partial charge in [-0.2, -0.15) is 0 Å². The van der Waals surface area contributed by atoms with Gasteiger partial charge in [0, 0.05) is 30.8 Å². The molecule has 4 bridgehead atoms. The molecule has 0 radical (unpaired) electrons. The Morgan fingerprint density at radius 3 is 2.92 bits per heavy atom. The summed E-state index contributed by atoms with van der Waals surface area (Å²) < 4.78 is 5.88. The molecule has 0 saturated heterocycles. The third-order valence-corrected chi connectivity index (χ3v) is 4.67. The van der Waals surface area contributed by atoms with Crippen LogP contribution >= 0.6 is 0 Å². The third-order valence-electron chi connectivity index (χ3n) is 4.67. The fourth-order valence-corrected chi connectivity index (χ4v) is 3.37. The van der Waals surface area contributed by atoms with Gasteiger partial charge in [-0.1, -0.05) is 30.3 Å². The summed E-state index contributed by atoms with van der Waals surface area (Å²) in [6.45, 7) is 2.06. The Hall–Kier alpha value is -2.75. The lowest BCUT2D eigenvalue weighted by molar-refractivity contribution is -0.121. The van der Waals surface area contributed by atoms with E-state index in [2.05, 4.69) is 53.1 Å².